The van der Waals surface area contributed by atoms with Crippen molar-refractivity contribution >= 4 is 0 Å². The van der Waals surface area contributed by atoms with Crippen LogP contribution in [0, 0.1) is 0 Å². The molecule has 0 radical (unpaired) electrons. The molecule has 0 saturated heterocycles. The van der Waals surface area contributed by atoms with Crippen molar-refractivity contribution in [3.63, 3.8) is 0 Å². The lowest BCUT2D eigenvalue weighted by Gasteiger charge is -2.21. The molecule has 2 heteroatoms. The summed E-state index contributed by atoms with van der Waals surface area (Å²) in [5.41, 5.74) is 3.30. The van der Waals surface area contributed by atoms with Gasteiger partial charge in [-0.3, -0.25) is 4.90 Å². The van der Waals surface area contributed by atoms with Crippen LogP contribution in [-0.2, 0) is 0 Å². The summed E-state index contributed by atoms with van der Waals surface area (Å²) >= 11 is 0. The molecule has 11 heavy (non-hydrogen) atoms. The van der Waals surface area contributed by atoms with Crippen molar-refractivity contribution in [1.29, 1.82) is 0 Å². The lowest BCUT2D eigenvalue weighted by Crippen LogP contribution is -2.32. The zero-order chi connectivity index (χ0) is 7.84. The van der Waals surface area contributed by atoms with Crippen LogP contribution >= 0.6 is 0 Å². The highest BCUT2D eigenvalue weighted by atomic mass is 15.2. The Labute approximate surface area is 68.3 Å². The van der Waals surface area contributed by atoms with Crippen molar-refractivity contribution in [2.45, 2.75) is 19.9 Å². The Kier molecular flexibility index (Phi) is 1.74. The van der Waals surface area contributed by atoms with Gasteiger partial charge in [0.1, 0.15) is 0 Å². The second-order valence-electron chi connectivity index (χ2n) is 3.81. The van der Waals surface area contributed by atoms with Crippen molar-refractivity contribution in [3.8, 4) is 0 Å². The highest BCUT2D eigenvalue weighted by molar-refractivity contribution is 5.29. The van der Waals surface area contributed by atoms with Crippen LogP contribution in [0.15, 0.2) is 11.1 Å². The zero-order valence-electron chi connectivity index (χ0n) is 7.35. The number of hydrogen-bond acceptors (Lipinski definition) is 2. The van der Waals surface area contributed by atoms with Crippen LogP contribution in [0.5, 0.6) is 0 Å². The fourth-order valence-electron chi connectivity index (χ4n) is 1.86. The van der Waals surface area contributed by atoms with E-state index in [2.05, 4.69) is 24.1 Å². The molecule has 0 aliphatic carbocycles. The van der Waals surface area contributed by atoms with Gasteiger partial charge in [-0.15, -0.1) is 0 Å². The molecule has 2 heterocycles. The van der Waals surface area contributed by atoms with Gasteiger partial charge in [0.05, 0.1) is 0 Å². The molecule has 0 unspecified atom stereocenters. The Morgan fingerprint density at radius 1 is 1.18 bits per heavy atom. The van der Waals surface area contributed by atoms with Crippen LogP contribution in [0.3, 0.4) is 0 Å². The predicted molar refractivity (Wildman–Crippen MR) is 46.6 cm³/mol. The Bertz CT molecular complexity index is 178. The number of nitrogens with one attached hydrogen (secondary N) is 1. The van der Waals surface area contributed by atoms with Crippen LogP contribution < -0.4 is 5.32 Å². The van der Waals surface area contributed by atoms with Crippen molar-refractivity contribution in [1.82, 2.24) is 10.2 Å². The fraction of sp³-hybridized carbons (Fsp3) is 0.778. The lowest BCUT2D eigenvalue weighted by atomic mass is 10.2. The first-order valence-electron chi connectivity index (χ1n) is 4.42. The lowest BCUT2D eigenvalue weighted by molar-refractivity contribution is 0.276. The van der Waals surface area contributed by atoms with Gasteiger partial charge in [0.2, 0.25) is 0 Å². The van der Waals surface area contributed by atoms with Gasteiger partial charge in [0.25, 0.3) is 0 Å². The number of rotatable bonds is 1. The van der Waals surface area contributed by atoms with Crippen LogP contribution in [-0.4, -0.2) is 37.1 Å². The summed E-state index contributed by atoms with van der Waals surface area (Å²) in [5, 5.41) is 3.38. The molecule has 2 aliphatic rings. The fourth-order valence-corrected chi connectivity index (χ4v) is 1.86. The minimum Gasteiger partial charge on any atom is -0.309 e. The van der Waals surface area contributed by atoms with Gasteiger partial charge in [0, 0.05) is 32.2 Å². The van der Waals surface area contributed by atoms with Crippen molar-refractivity contribution in [3.05, 3.63) is 11.1 Å². The van der Waals surface area contributed by atoms with E-state index >= 15 is 0 Å². The maximum Gasteiger partial charge on any atom is 0.0215 e. The van der Waals surface area contributed by atoms with Crippen LogP contribution in [0.25, 0.3) is 0 Å². The Hall–Kier alpha value is -0.340. The van der Waals surface area contributed by atoms with E-state index in [-0.39, 0.29) is 0 Å². The molecular weight excluding hydrogens is 136 g/mol. The second-order valence-corrected chi connectivity index (χ2v) is 3.81. The van der Waals surface area contributed by atoms with Gasteiger partial charge in [-0.2, -0.15) is 0 Å². The van der Waals surface area contributed by atoms with Gasteiger partial charge in [0.15, 0.2) is 0 Å². The summed E-state index contributed by atoms with van der Waals surface area (Å²) in [6.45, 7) is 9.24. The first-order chi connectivity index (χ1) is 5.27. The molecule has 0 aromatic rings. The summed E-state index contributed by atoms with van der Waals surface area (Å²) in [5.74, 6) is 0. The van der Waals surface area contributed by atoms with E-state index in [0.29, 0.717) is 6.04 Å². The van der Waals surface area contributed by atoms with E-state index < -0.39 is 0 Å². The summed E-state index contributed by atoms with van der Waals surface area (Å²) in [7, 11) is 0. The maximum absolute atomic E-state index is 3.38. The molecule has 2 aliphatic heterocycles. The number of hydrogen-bond donors (Lipinski definition) is 1. The topological polar surface area (TPSA) is 15.3 Å². The number of nitrogens with zero attached hydrogens (tertiary/aromatic N) is 1. The molecule has 62 valence electrons. The van der Waals surface area contributed by atoms with Crippen molar-refractivity contribution in [2.75, 3.05) is 26.2 Å². The normalized spacial score (nSPS) is 25.4. The molecule has 0 atom stereocenters. The van der Waals surface area contributed by atoms with Gasteiger partial charge in [-0.1, -0.05) is 0 Å². The Balaban J connectivity index is 2.01. The average molecular weight is 152 g/mol. The third-order valence-electron chi connectivity index (χ3n) is 2.69. The largest absolute Gasteiger partial charge is 0.309 e. The van der Waals surface area contributed by atoms with Crippen molar-refractivity contribution in [2.24, 2.45) is 0 Å². The predicted octanol–water partition coefficient (Wildman–Crippen LogP) is 0.610. The van der Waals surface area contributed by atoms with Gasteiger partial charge in [-0.05, 0) is 25.0 Å². The van der Waals surface area contributed by atoms with Crippen LogP contribution in [0.2, 0.25) is 0 Å². The van der Waals surface area contributed by atoms with E-state index in [0.717, 1.165) is 13.1 Å². The Morgan fingerprint density at radius 3 is 2.18 bits per heavy atom. The minimum atomic E-state index is 0.709. The van der Waals surface area contributed by atoms with E-state index in [4.69, 9.17) is 0 Å². The molecular formula is C9H16N2. The van der Waals surface area contributed by atoms with Crippen molar-refractivity contribution < 1.29 is 0 Å². The molecule has 0 aromatic carbocycles. The molecule has 1 N–H and O–H groups in total. The first kappa shape index (κ1) is 7.32. The Morgan fingerprint density at radius 2 is 1.73 bits per heavy atom. The smallest absolute Gasteiger partial charge is 0.0215 e. The third-order valence-corrected chi connectivity index (χ3v) is 2.69. The summed E-state index contributed by atoms with van der Waals surface area (Å²) in [6, 6.07) is 0.709. The average Bonchev–Trinajstić information content (AvgIpc) is 2.40. The second kappa shape index (κ2) is 2.61. The first-order valence-corrected chi connectivity index (χ1v) is 4.42. The molecule has 0 spiro atoms. The highest BCUT2D eigenvalue weighted by Gasteiger charge is 2.25. The quantitative estimate of drug-likeness (QED) is 0.554. The summed E-state index contributed by atoms with van der Waals surface area (Å²) < 4.78 is 0. The van der Waals surface area contributed by atoms with E-state index in [1.165, 1.54) is 13.1 Å². The van der Waals surface area contributed by atoms with E-state index in [1.807, 2.05) is 0 Å². The standard InChI is InChI=1S/C9H16N2/c1-7(2)11-5-8-3-10-4-9(8)6-11/h7,10H,3-6H2,1-2H3. The molecule has 2 nitrogen and oxygen atoms in total. The molecule has 0 bridgehead atoms. The van der Waals surface area contributed by atoms with Gasteiger partial charge < -0.3 is 5.32 Å². The highest BCUT2D eigenvalue weighted by Crippen LogP contribution is 2.21. The summed E-state index contributed by atoms with van der Waals surface area (Å²) in [4.78, 5) is 2.53. The zero-order valence-corrected chi connectivity index (χ0v) is 7.35. The molecule has 0 fully saturated rings. The summed E-state index contributed by atoms with van der Waals surface area (Å²) in [6.07, 6.45) is 0. The van der Waals surface area contributed by atoms with Gasteiger partial charge in [-0.25, -0.2) is 0 Å². The minimum absolute atomic E-state index is 0.709. The molecule has 0 aromatic heterocycles. The van der Waals surface area contributed by atoms with Crippen LogP contribution in [0.1, 0.15) is 13.8 Å². The van der Waals surface area contributed by atoms with Crippen LogP contribution in [0.4, 0.5) is 0 Å². The molecule has 2 rings (SSSR count). The third kappa shape index (κ3) is 1.21. The molecule has 0 saturated carbocycles. The van der Waals surface area contributed by atoms with Gasteiger partial charge >= 0.3 is 0 Å². The SMILES string of the molecule is CC(C)N1CC2=C(CNC2)C1. The monoisotopic (exact) mass is 152 g/mol. The van der Waals surface area contributed by atoms with E-state index in [9.17, 15) is 0 Å². The maximum atomic E-state index is 3.38. The molecule has 0 amide bonds. The van der Waals surface area contributed by atoms with E-state index in [1.54, 1.807) is 11.1 Å².